The molecule has 1 rings (SSSR count). The lowest BCUT2D eigenvalue weighted by Gasteiger charge is -2.07. The van der Waals surface area contributed by atoms with Crippen molar-refractivity contribution < 1.29 is 5.11 Å². The first-order valence-corrected chi connectivity index (χ1v) is 9.03. The molecule has 0 saturated carbocycles. The van der Waals surface area contributed by atoms with Crippen LogP contribution in [0.15, 0.2) is 18.2 Å². The van der Waals surface area contributed by atoms with E-state index >= 15 is 0 Å². The fraction of sp³-hybridized carbons (Fsp3) is 0.700. The molecule has 0 aliphatic heterocycles. The molecule has 0 bridgehead atoms. The lowest BCUT2D eigenvalue weighted by molar-refractivity contribution is 0.461. The van der Waals surface area contributed by atoms with Gasteiger partial charge in [-0.3, -0.25) is 0 Å². The molecule has 1 N–H and O–H groups in total. The average Bonchev–Trinajstić information content (AvgIpc) is 2.49. The summed E-state index contributed by atoms with van der Waals surface area (Å²) in [5, 5.41) is 9.96. The topological polar surface area (TPSA) is 20.2 Å². The van der Waals surface area contributed by atoms with Crippen LogP contribution in [0.5, 0.6) is 5.75 Å². The van der Waals surface area contributed by atoms with Gasteiger partial charge >= 0.3 is 0 Å². The van der Waals surface area contributed by atoms with Gasteiger partial charge in [-0.1, -0.05) is 89.3 Å². The molecule has 120 valence electrons. The summed E-state index contributed by atoms with van der Waals surface area (Å²) in [7, 11) is 0. The highest BCUT2D eigenvalue weighted by molar-refractivity contribution is 5.39. The van der Waals surface area contributed by atoms with E-state index in [0.29, 0.717) is 5.75 Å². The summed E-state index contributed by atoms with van der Waals surface area (Å²) < 4.78 is 0. The van der Waals surface area contributed by atoms with Gasteiger partial charge in [0.1, 0.15) is 5.75 Å². The lowest BCUT2D eigenvalue weighted by atomic mass is 10.0. The number of rotatable bonds is 12. The summed E-state index contributed by atoms with van der Waals surface area (Å²) in [6, 6.07) is 6.07. The Kier molecular flexibility index (Phi) is 10.0. The van der Waals surface area contributed by atoms with Crippen LogP contribution in [0.25, 0.3) is 0 Å². The molecule has 0 radical (unpaired) electrons. The van der Waals surface area contributed by atoms with Gasteiger partial charge in [0.15, 0.2) is 0 Å². The van der Waals surface area contributed by atoms with Crippen molar-refractivity contribution in [2.45, 2.75) is 90.9 Å². The van der Waals surface area contributed by atoms with Crippen molar-refractivity contribution in [3.63, 3.8) is 0 Å². The molecule has 0 amide bonds. The van der Waals surface area contributed by atoms with E-state index in [2.05, 4.69) is 13.0 Å². The number of hydrogen-bond acceptors (Lipinski definition) is 1. The Labute approximate surface area is 131 Å². The SMILES string of the molecule is CCCCCCCCCCCCCc1cccc(C)c1O. The quantitative estimate of drug-likeness (QED) is 0.432. The van der Waals surface area contributed by atoms with Crippen molar-refractivity contribution in [2.24, 2.45) is 0 Å². The van der Waals surface area contributed by atoms with E-state index in [9.17, 15) is 5.11 Å². The third-order valence-electron chi connectivity index (χ3n) is 4.37. The van der Waals surface area contributed by atoms with Crippen LogP contribution in [0.4, 0.5) is 0 Å². The minimum absolute atomic E-state index is 0.504. The summed E-state index contributed by atoms with van der Waals surface area (Å²) in [5.41, 5.74) is 2.11. The van der Waals surface area contributed by atoms with Gasteiger partial charge in [0.05, 0.1) is 0 Å². The summed E-state index contributed by atoms with van der Waals surface area (Å²) in [5.74, 6) is 0.504. The van der Waals surface area contributed by atoms with Crippen LogP contribution in [-0.2, 0) is 6.42 Å². The van der Waals surface area contributed by atoms with E-state index < -0.39 is 0 Å². The lowest BCUT2D eigenvalue weighted by Crippen LogP contribution is -1.89. The van der Waals surface area contributed by atoms with Gasteiger partial charge in [0.2, 0.25) is 0 Å². The first kappa shape index (κ1) is 18.1. The molecule has 1 nitrogen and oxygen atoms in total. The summed E-state index contributed by atoms with van der Waals surface area (Å²) in [6.07, 6.45) is 16.1. The molecule has 0 atom stereocenters. The van der Waals surface area contributed by atoms with E-state index in [4.69, 9.17) is 0 Å². The fourth-order valence-corrected chi connectivity index (χ4v) is 2.90. The monoisotopic (exact) mass is 290 g/mol. The van der Waals surface area contributed by atoms with Gasteiger partial charge in [-0.2, -0.15) is 0 Å². The van der Waals surface area contributed by atoms with Gasteiger partial charge in [-0.25, -0.2) is 0 Å². The Morgan fingerprint density at radius 2 is 1.29 bits per heavy atom. The summed E-state index contributed by atoms with van der Waals surface area (Å²) in [4.78, 5) is 0. The zero-order chi connectivity index (χ0) is 15.3. The smallest absolute Gasteiger partial charge is 0.121 e. The summed E-state index contributed by atoms with van der Waals surface area (Å²) in [6.45, 7) is 4.25. The zero-order valence-electron chi connectivity index (χ0n) is 14.2. The van der Waals surface area contributed by atoms with Crippen molar-refractivity contribution in [1.82, 2.24) is 0 Å². The number of benzene rings is 1. The molecule has 1 heteroatoms. The molecule has 0 saturated heterocycles. The number of aryl methyl sites for hydroxylation is 2. The van der Waals surface area contributed by atoms with Crippen LogP contribution < -0.4 is 0 Å². The highest BCUT2D eigenvalue weighted by atomic mass is 16.3. The van der Waals surface area contributed by atoms with Crippen LogP contribution in [0, 0.1) is 6.92 Å². The second-order valence-electron chi connectivity index (χ2n) is 6.37. The van der Waals surface area contributed by atoms with Gasteiger partial charge in [-0.05, 0) is 30.9 Å². The van der Waals surface area contributed by atoms with Gasteiger partial charge in [-0.15, -0.1) is 0 Å². The number of unbranched alkanes of at least 4 members (excludes halogenated alkanes) is 10. The first-order valence-electron chi connectivity index (χ1n) is 9.03. The molecular formula is C20H34O. The van der Waals surface area contributed by atoms with E-state index in [1.54, 1.807) is 0 Å². The van der Waals surface area contributed by atoms with Crippen molar-refractivity contribution in [3.05, 3.63) is 29.3 Å². The molecule has 0 aliphatic carbocycles. The Morgan fingerprint density at radius 1 is 0.762 bits per heavy atom. The minimum atomic E-state index is 0.504. The maximum absolute atomic E-state index is 9.96. The molecular weight excluding hydrogens is 256 g/mol. The standard InChI is InChI=1S/C20H34O/c1-3-4-5-6-7-8-9-10-11-12-13-16-19-17-14-15-18(2)20(19)21/h14-15,17,21H,3-13,16H2,1-2H3. The maximum atomic E-state index is 9.96. The predicted octanol–water partition coefficient (Wildman–Crippen LogP) is 6.55. The number of aromatic hydroxyl groups is 1. The highest BCUT2D eigenvalue weighted by Gasteiger charge is 2.02. The van der Waals surface area contributed by atoms with Crippen LogP contribution in [0.1, 0.15) is 88.7 Å². The molecule has 1 aromatic rings. The van der Waals surface area contributed by atoms with E-state index in [1.165, 1.54) is 70.6 Å². The fourth-order valence-electron chi connectivity index (χ4n) is 2.90. The predicted molar refractivity (Wildman–Crippen MR) is 93.0 cm³/mol. The number of phenols is 1. The molecule has 0 aromatic heterocycles. The van der Waals surface area contributed by atoms with Crippen LogP contribution in [-0.4, -0.2) is 5.11 Å². The highest BCUT2D eigenvalue weighted by Crippen LogP contribution is 2.23. The molecule has 0 unspecified atom stereocenters. The molecule has 0 aliphatic rings. The van der Waals surface area contributed by atoms with Crippen molar-refractivity contribution in [3.8, 4) is 5.75 Å². The van der Waals surface area contributed by atoms with Crippen LogP contribution in [0.2, 0.25) is 0 Å². The van der Waals surface area contributed by atoms with E-state index in [1.807, 2.05) is 19.1 Å². The van der Waals surface area contributed by atoms with Crippen LogP contribution >= 0.6 is 0 Å². The Morgan fingerprint density at radius 3 is 1.86 bits per heavy atom. The van der Waals surface area contributed by atoms with Gasteiger partial charge in [0, 0.05) is 0 Å². The molecule has 0 spiro atoms. The maximum Gasteiger partial charge on any atom is 0.121 e. The average molecular weight is 290 g/mol. The zero-order valence-corrected chi connectivity index (χ0v) is 14.2. The van der Waals surface area contributed by atoms with Crippen LogP contribution in [0.3, 0.4) is 0 Å². The molecule has 0 heterocycles. The third kappa shape index (κ3) is 8.14. The number of para-hydroxylation sites is 1. The number of hydrogen-bond donors (Lipinski definition) is 1. The molecule has 0 fully saturated rings. The summed E-state index contributed by atoms with van der Waals surface area (Å²) >= 11 is 0. The Hall–Kier alpha value is -0.980. The first-order chi connectivity index (χ1) is 10.3. The largest absolute Gasteiger partial charge is 0.507 e. The van der Waals surface area contributed by atoms with Crippen molar-refractivity contribution in [2.75, 3.05) is 0 Å². The normalized spacial score (nSPS) is 11.0. The minimum Gasteiger partial charge on any atom is -0.507 e. The molecule has 1 aromatic carbocycles. The van der Waals surface area contributed by atoms with E-state index in [-0.39, 0.29) is 0 Å². The second-order valence-corrected chi connectivity index (χ2v) is 6.37. The van der Waals surface area contributed by atoms with Gasteiger partial charge in [0.25, 0.3) is 0 Å². The van der Waals surface area contributed by atoms with Crippen molar-refractivity contribution >= 4 is 0 Å². The Bertz CT molecular complexity index is 370. The molecule has 21 heavy (non-hydrogen) atoms. The second kappa shape index (κ2) is 11.7. The Balaban J connectivity index is 1.94. The van der Waals surface area contributed by atoms with Gasteiger partial charge < -0.3 is 5.11 Å². The number of phenolic OH excluding ortho intramolecular Hbond substituents is 1. The third-order valence-corrected chi connectivity index (χ3v) is 4.37. The van der Waals surface area contributed by atoms with Crippen molar-refractivity contribution in [1.29, 1.82) is 0 Å². The van der Waals surface area contributed by atoms with E-state index in [0.717, 1.165) is 17.5 Å².